The summed E-state index contributed by atoms with van der Waals surface area (Å²) in [5, 5.41) is 3.28. The van der Waals surface area contributed by atoms with E-state index in [4.69, 9.17) is 4.42 Å². The summed E-state index contributed by atoms with van der Waals surface area (Å²) in [5.74, 6) is 1.94. The summed E-state index contributed by atoms with van der Waals surface area (Å²) in [6, 6.07) is 2.21. The van der Waals surface area contributed by atoms with Crippen molar-refractivity contribution in [2.45, 2.75) is 64.3 Å². The maximum Gasteiger partial charge on any atom is 0.289 e. The molecule has 6 rings (SSSR count). The lowest BCUT2D eigenvalue weighted by atomic mass is 9.44. The van der Waals surface area contributed by atoms with Gasteiger partial charge in [-0.15, -0.1) is 0 Å². The van der Waals surface area contributed by atoms with Gasteiger partial charge in [-0.3, -0.25) is 9.59 Å². The molecule has 5 fully saturated rings. The Labute approximate surface area is 154 Å². The molecule has 1 saturated heterocycles. The number of carbonyl (C=O) groups is 2. The minimum absolute atomic E-state index is 0.0115. The molecule has 0 radical (unpaired) electrons. The highest BCUT2D eigenvalue weighted by molar-refractivity contribution is 5.93. The first-order chi connectivity index (χ1) is 12.4. The van der Waals surface area contributed by atoms with E-state index in [1.807, 2.05) is 11.0 Å². The van der Waals surface area contributed by atoms with Gasteiger partial charge in [-0.05, 0) is 61.8 Å². The third kappa shape index (κ3) is 2.28. The molecule has 26 heavy (non-hydrogen) atoms. The topological polar surface area (TPSA) is 62.6 Å². The second-order valence-corrected chi connectivity index (χ2v) is 9.67. The van der Waals surface area contributed by atoms with Crippen molar-refractivity contribution >= 4 is 11.8 Å². The van der Waals surface area contributed by atoms with Gasteiger partial charge in [0, 0.05) is 30.1 Å². The summed E-state index contributed by atoms with van der Waals surface area (Å²) in [4.78, 5) is 27.2. The Morgan fingerprint density at radius 2 is 1.96 bits per heavy atom. The minimum Gasteiger partial charge on any atom is -0.459 e. The zero-order valence-electron chi connectivity index (χ0n) is 15.7. The van der Waals surface area contributed by atoms with Gasteiger partial charge in [0.15, 0.2) is 5.76 Å². The van der Waals surface area contributed by atoms with Crippen LogP contribution in [0.25, 0.3) is 0 Å². The summed E-state index contributed by atoms with van der Waals surface area (Å²) >= 11 is 0. The van der Waals surface area contributed by atoms with Crippen molar-refractivity contribution in [2.75, 3.05) is 13.1 Å². The van der Waals surface area contributed by atoms with Crippen molar-refractivity contribution in [1.82, 2.24) is 10.2 Å². The van der Waals surface area contributed by atoms with Crippen LogP contribution in [0.2, 0.25) is 0 Å². The number of rotatable bonds is 4. The molecular weight excluding hydrogens is 328 g/mol. The number of carbonyl (C=O) groups excluding carboxylic acids is 2. The Hall–Kier alpha value is -1.78. The predicted molar refractivity (Wildman–Crippen MR) is 96.7 cm³/mol. The molecule has 0 aromatic carbocycles. The van der Waals surface area contributed by atoms with E-state index in [1.165, 1.54) is 0 Å². The Morgan fingerprint density at radius 3 is 2.58 bits per heavy atom. The minimum atomic E-state index is 0.0115. The summed E-state index contributed by atoms with van der Waals surface area (Å²) in [7, 11) is 0. The van der Waals surface area contributed by atoms with Gasteiger partial charge in [-0.25, -0.2) is 0 Å². The molecule has 2 heterocycles. The van der Waals surface area contributed by atoms with Crippen molar-refractivity contribution in [3.8, 4) is 0 Å². The molecule has 0 atom stereocenters. The fourth-order valence-corrected chi connectivity index (χ4v) is 5.72. The summed E-state index contributed by atoms with van der Waals surface area (Å²) in [6.07, 6.45) is 8.01. The van der Waals surface area contributed by atoms with Crippen LogP contribution < -0.4 is 5.32 Å². The van der Waals surface area contributed by atoms with Gasteiger partial charge >= 0.3 is 0 Å². The molecule has 1 aromatic rings. The predicted octanol–water partition coefficient (Wildman–Crippen LogP) is 3.31. The third-order valence-electron chi connectivity index (χ3n) is 7.45. The fourth-order valence-electron chi connectivity index (χ4n) is 5.72. The molecule has 0 unspecified atom stereocenters. The number of likely N-dealkylation sites (tertiary alicyclic amines) is 1. The average Bonchev–Trinajstić information content (AvgIpc) is 3.09. The van der Waals surface area contributed by atoms with Crippen LogP contribution in [0.3, 0.4) is 0 Å². The van der Waals surface area contributed by atoms with Gasteiger partial charge in [-0.2, -0.15) is 0 Å². The number of amides is 2. The standard InChI is InChI=1S/C21H28N2O3/c1-13(2)16-3-6-26-17(16)18(24)23-5-4-20(12-23)10-15(11-20)22-19(25)21-7-14(8-21)9-21/h3,6,13-15H,4-5,7-12H2,1-2H3,(H,22,25). The van der Waals surface area contributed by atoms with Crippen LogP contribution in [0.5, 0.6) is 0 Å². The fraction of sp³-hybridized carbons (Fsp3) is 0.714. The van der Waals surface area contributed by atoms with Gasteiger partial charge in [0.1, 0.15) is 0 Å². The highest BCUT2D eigenvalue weighted by atomic mass is 16.3. The maximum absolute atomic E-state index is 12.9. The van der Waals surface area contributed by atoms with Gasteiger partial charge in [0.05, 0.1) is 6.26 Å². The largest absolute Gasteiger partial charge is 0.459 e. The van der Waals surface area contributed by atoms with E-state index in [9.17, 15) is 9.59 Å². The van der Waals surface area contributed by atoms with Gasteiger partial charge in [-0.1, -0.05) is 13.8 Å². The van der Waals surface area contributed by atoms with Gasteiger partial charge < -0.3 is 14.6 Å². The molecule has 5 heteroatoms. The van der Waals surface area contributed by atoms with Crippen molar-refractivity contribution in [3.63, 3.8) is 0 Å². The summed E-state index contributed by atoms with van der Waals surface area (Å²) in [5.41, 5.74) is 1.21. The van der Waals surface area contributed by atoms with Crippen LogP contribution in [0.4, 0.5) is 0 Å². The maximum atomic E-state index is 12.9. The molecule has 1 N–H and O–H groups in total. The smallest absolute Gasteiger partial charge is 0.289 e. The number of hydrogen-bond donors (Lipinski definition) is 1. The molecule has 5 nitrogen and oxygen atoms in total. The molecule has 4 aliphatic carbocycles. The highest BCUT2D eigenvalue weighted by Crippen LogP contribution is 2.64. The molecular formula is C21H28N2O3. The number of hydrogen-bond acceptors (Lipinski definition) is 3. The molecule has 140 valence electrons. The van der Waals surface area contributed by atoms with Crippen molar-refractivity contribution < 1.29 is 14.0 Å². The molecule has 1 aromatic heterocycles. The molecule has 4 saturated carbocycles. The van der Waals surface area contributed by atoms with Crippen LogP contribution in [0.15, 0.2) is 16.7 Å². The molecule has 2 amide bonds. The van der Waals surface area contributed by atoms with E-state index in [-0.39, 0.29) is 22.7 Å². The van der Waals surface area contributed by atoms with E-state index in [0.29, 0.717) is 17.7 Å². The zero-order valence-corrected chi connectivity index (χ0v) is 15.7. The second-order valence-electron chi connectivity index (χ2n) is 9.67. The van der Waals surface area contributed by atoms with E-state index >= 15 is 0 Å². The van der Waals surface area contributed by atoms with E-state index in [2.05, 4.69) is 19.2 Å². The SMILES string of the molecule is CC(C)c1ccoc1C(=O)N1CCC2(CC(NC(=O)C34CC(C3)C4)C2)C1. The lowest BCUT2D eigenvalue weighted by molar-refractivity contribution is -0.167. The Morgan fingerprint density at radius 1 is 1.23 bits per heavy atom. The van der Waals surface area contributed by atoms with Crippen LogP contribution >= 0.6 is 0 Å². The van der Waals surface area contributed by atoms with E-state index < -0.39 is 0 Å². The lowest BCUT2D eigenvalue weighted by Crippen LogP contribution is -2.63. The number of nitrogens with one attached hydrogen (secondary N) is 1. The monoisotopic (exact) mass is 356 g/mol. The van der Waals surface area contributed by atoms with Crippen molar-refractivity contribution in [1.29, 1.82) is 0 Å². The Balaban J connectivity index is 1.17. The average molecular weight is 356 g/mol. The Kier molecular flexibility index (Phi) is 3.38. The first-order valence-electron chi connectivity index (χ1n) is 10.1. The van der Waals surface area contributed by atoms with E-state index in [0.717, 1.165) is 63.1 Å². The van der Waals surface area contributed by atoms with Crippen LogP contribution in [0, 0.1) is 16.7 Å². The first-order valence-corrected chi connectivity index (χ1v) is 10.1. The number of nitrogens with zero attached hydrogens (tertiary/aromatic N) is 1. The Bertz CT molecular complexity index is 742. The van der Waals surface area contributed by atoms with Crippen LogP contribution in [-0.4, -0.2) is 35.8 Å². The second kappa shape index (κ2) is 5.37. The van der Waals surface area contributed by atoms with Crippen LogP contribution in [-0.2, 0) is 4.79 Å². The van der Waals surface area contributed by atoms with Crippen molar-refractivity contribution in [2.24, 2.45) is 16.7 Å². The highest BCUT2D eigenvalue weighted by Gasteiger charge is 2.62. The quantitative estimate of drug-likeness (QED) is 0.900. The van der Waals surface area contributed by atoms with Gasteiger partial charge in [0.2, 0.25) is 5.91 Å². The zero-order chi connectivity index (χ0) is 18.1. The third-order valence-corrected chi connectivity index (χ3v) is 7.45. The molecule has 1 aliphatic heterocycles. The number of furan rings is 1. The molecule has 1 spiro atoms. The molecule has 5 aliphatic rings. The van der Waals surface area contributed by atoms with Gasteiger partial charge in [0.25, 0.3) is 5.91 Å². The van der Waals surface area contributed by atoms with E-state index in [1.54, 1.807) is 6.26 Å². The van der Waals surface area contributed by atoms with Crippen molar-refractivity contribution in [3.05, 3.63) is 23.7 Å². The summed E-state index contributed by atoms with van der Waals surface area (Å²) < 4.78 is 5.51. The lowest BCUT2D eigenvalue weighted by Gasteiger charge is -2.61. The molecule has 2 bridgehead atoms. The summed E-state index contributed by atoms with van der Waals surface area (Å²) in [6.45, 7) is 5.75. The van der Waals surface area contributed by atoms with Crippen LogP contribution in [0.1, 0.15) is 74.4 Å². The first kappa shape index (κ1) is 16.4. The normalized spacial score (nSPS) is 37.3.